The Balaban J connectivity index is 1.89. The van der Waals surface area contributed by atoms with Crippen LogP contribution in [0, 0.1) is 0 Å². The molecular formula is C14H11ClN4OS. The van der Waals surface area contributed by atoms with Crippen LogP contribution in [0.4, 0.5) is 16.5 Å². The molecule has 0 unspecified atom stereocenters. The second-order valence-electron chi connectivity index (χ2n) is 4.43. The van der Waals surface area contributed by atoms with Crippen molar-refractivity contribution in [2.24, 2.45) is 0 Å². The Bertz CT molecular complexity index is 846. The standard InChI is InChI=1S/C14H11ClN4OS/c15-7-1-4-11-12(5-7)21-14(18-11)19-13(20)9-3-2-8(16)6-10(9)17/h1-6H,16-17H2,(H,18,19,20). The van der Waals surface area contributed by atoms with E-state index in [-0.39, 0.29) is 5.91 Å². The van der Waals surface area contributed by atoms with Crippen molar-refractivity contribution in [3.63, 3.8) is 0 Å². The normalized spacial score (nSPS) is 10.7. The summed E-state index contributed by atoms with van der Waals surface area (Å²) in [7, 11) is 0. The minimum Gasteiger partial charge on any atom is -0.399 e. The maximum absolute atomic E-state index is 12.2. The molecule has 0 bridgehead atoms. The number of nitrogens with two attached hydrogens (primary N) is 2. The van der Waals surface area contributed by atoms with Crippen molar-refractivity contribution < 1.29 is 4.79 Å². The van der Waals surface area contributed by atoms with Crippen LogP contribution in [0.25, 0.3) is 10.2 Å². The van der Waals surface area contributed by atoms with Crippen molar-refractivity contribution in [2.45, 2.75) is 0 Å². The molecular weight excluding hydrogens is 308 g/mol. The Kier molecular flexibility index (Phi) is 3.40. The van der Waals surface area contributed by atoms with E-state index >= 15 is 0 Å². The fourth-order valence-electron chi connectivity index (χ4n) is 1.90. The average molecular weight is 319 g/mol. The Morgan fingerprint density at radius 2 is 2.00 bits per heavy atom. The first-order chi connectivity index (χ1) is 10.0. The number of fused-ring (bicyclic) bond motifs is 1. The molecule has 0 aliphatic heterocycles. The Hall–Kier alpha value is -2.31. The van der Waals surface area contributed by atoms with Crippen molar-refractivity contribution in [1.29, 1.82) is 0 Å². The predicted octanol–water partition coefficient (Wildman–Crippen LogP) is 3.37. The summed E-state index contributed by atoms with van der Waals surface area (Å²) in [5, 5.41) is 3.86. The third kappa shape index (κ3) is 2.76. The maximum atomic E-state index is 12.2. The van der Waals surface area contributed by atoms with Crippen molar-refractivity contribution >= 4 is 55.6 Å². The molecule has 1 heterocycles. The van der Waals surface area contributed by atoms with Crippen LogP contribution in [0.2, 0.25) is 5.02 Å². The van der Waals surface area contributed by atoms with Crippen LogP contribution in [-0.2, 0) is 0 Å². The summed E-state index contributed by atoms with van der Waals surface area (Å²) in [4.78, 5) is 16.5. The molecule has 21 heavy (non-hydrogen) atoms. The summed E-state index contributed by atoms with van der Waals surface area (Å²) in [5.74, 6) is -0.322. The van der Waals surface area contributed by atoms with Crippen molar-refractivity contribution in [1.82, 2.24) is 4.98 Å². The summed E-state index contributed by atoms with van der Waals surface area (Å²) < 4.78 is 0.906. The molecule has 0 radical (unpaired) electrons. The van der Waals surface area contributed by atoms with Gasteiger partial charge in [-0.1, -0.05) is 22.9 Å². The molecule has 0 aliphatic rings. The number of amides is 1. The number of thiazole rings is 1. The largest absolute Gasteiger partial charge is 0.399 e. The highest BCUT2D eigenvalue weighted by Crippen LogP contribution is 2.29. The molecule has 106 valence electrons. The number of nitrogens with zero attached hydrogens (tertiary/aromatic N) is 1. The van der Waals surface area contributed by atoms with Crippen LogP contribution in [-0.4, -0.2) is 10.9 Å². The fourth-order valence-corrected chi connectivity index (χ4v) is 3.04. The van der Waals surface area contributed by atoms with E-state index in [1.54, 1.807) is 30.3 Å². The van der Waals surface area contributed by atoms with E-state index in [9.17, 15) is 4.79 Å². The molecule has 0 fully saturated rings. The molecule has 7 heteroatoms. The quantitative estimate of drug-likeness (QED) is 0.631. The first kappa shape index (κ1) is 13.7. The Morgan fingerprint density at radius 3 is 2.76 bits per heavy atom. The minimum absolute atomic E-state index is 0.322. The zero-order valence-corrected chi connectivity index (χ0v) is 12.3. The number of nitrogens with one attached hydrogen (secondary N) is 1. The highest BCUT2D eigenvalue weighted by atomic mass is 35.5. The molecule has 3 rings (SSSR count). The van der Waals surface area contributed by atoms with Gasteiger partial charge in [0.25, 0.3) is 5.91 Å². The van der Waals surface area contributed by atoms with Gasteiger partial charge in [-0.15, -0.1) is 0 Å². The van der Waals surface area contributed by atoms with Gasteiger partial charge in [0.15, 0.2) is 5.13 Å². The topological polar surface area (TPSA) is 94.0 Å². The molecule has 0 atom stereocenters. The molecule has 5 N–H and O–H groups in total. The zero-order valence-electron chi connectivity index (χ0n) is 10.8. The van der Waals surface area contributed by atoms with E-state index in [4.69, 9.17) is 23.1 Å². The third-order valence-electron chi connectivity index (χ3n) is 2.89. The number of aromatic nitrogens is 1. The van der Waals surface area contributed by atoms with Crippen LogP contribution in [0.1, 0.15) is 10.4 Å². The number of halogens is 1. The first-order valence-corrected chi connectivity index (χ1v) is 7.25. The van der Waals surface area contributed by atoms with Gasteiger partial charge in [0.2, 0.25) is 0 Å². The fraction of sp³-hybridized carbons (Fsp3) is 0. The van der Waals surface area contributed by atoms with E-state index in [2.05, 4.69) is 10.3 Å². The molecule has 0 aliphatic carbocycles. The predicted molar refractivity (Wildman–Crippen MR) is 87.9 cm³/mol. The lowest BCUT2D eigenvalue weighted by Crippen LogP contribution is -2.14. The van der Waals surface area contributed by atoms with E-state index in [0.717, 1.165) is 10.2 Å². The van der Waals surface area contributed by atoms with E-state index in [1.165, 1.54) is 11.3 Å². The van der Waals surface area contributed by atoms with Gasteiger partial charge in [0, 0.05) is 16.4 Å². The molecule has 0 spiro atoms. The maximum Gasteiger partial charge on any atom is 0.259 e. The van der Waals surface area contributed by atoms with Gasteiger partial charge in [0.1, 0.15) is 0 Å². The lowest BCUT2D eigenvalue weighted by Gasteiger charge is -2.05. The van der Waals surface area contributed by atoms with Crippen molar-refractivity contribution in [3.8, 4) is 0 Å². The van der Waals surface area contributed by atoms with Crippen LogP contribution in [0.3, 0.4) is 0 Å². The first-order valence-electron chi connectivity index (χ1n) is 6.05. The second kappa shape index (κ2) is 5.23. The number of carbonyl (C=O) groups excluding carboxylic acids is 1. The number of rotatable bonds is 2. The monoisotopic (exact) mass is 318 g/mol. The SMILES string of the molecule is Nc1ccc(C(=O)Nc2nc3ccc(Cl)cc3s2)c(N)c1. The highest BCUT2D eigenvalue weighted by molar-refractivity contribution is 7.22. The molecule has 0 saturated heterocycles. The van der Waals surface area contributed by atoms with Crippen LogP contribution in [0.5, 0.6) is 0 Å². The van der Waals surface area contributed by atoms with E-state index in [1.807, 2.05) is 6.07 Å². The van der Waals surface area contributed by atoms with Gasteiger partial charge < -0.3 is 11.5 Å². The number of benzene rings is 2. The van der Waals surface area contributed by atoms with Crippen LogP contribution in [0.15, 0.2) is 36.4 Å². The van der Waals surface area contributed by atoms with Gasteiger partial charge in [-0.2, -0.15) is 0 Å². The van der Waals surface area contributed by atoms with Gasteiger partial charge in [-0.05, 0) is 36.4 Å². The highest BCUT2D eigenvalue weighted by Gasteiger charge is 2.12. The van der Waals surface area contributed by atoms with Gasteiger partial charge >= 0.3 is 0 Å². The Morgan fingerprint density at radius 1 is 1.19 bits per heavy atom. The summed E-state index contributed by atoms with van der Waals surface area (Å²) in [6.07, 6.45) is 0. The number of anilines is 3. The molecule has 0 saturated carbocycles. The molecule has 1 aromatic heterocycles. The Labute approximate surface area is 129 Å². The number of carbonyl (C=O) groups is 1. The van der Waals surface area contributed by atoms with Crippen molar-refractivity contribution in [3.05, 3.63) is 47.0 Å². The summed E-state index contributed by atoms with van der Waals surface area (Å²) in [6, 6.07) is 10.1. The van der Waals surface area contributed by atoms with Gasteiger partial charge in [-0.25, -0.2) is 4.98 Å². The second-order valence-corrected chi connectivity index (χ2v) is 5.90. The van der Waals surface area contributed by atoms with Crippen LogP contribution < -0.4 is 16.8 Å². The van der Waals surface area contributed by atoms with E-state index in [0.29, 0.717) is 27.1 Å². The lowest BCUT2D eigenvalue weighted by atomic mass is 10.1. The minimum atomic E-state index is -0.322. The van der Waals surface area contributed by atoms with Gasteiger partial charge in [-0.3, -0.25) is 10.1 Å². The summed E-state index contributed by atoms with van der Waals surface area (Å²) in [5.41, 5.74) is 13.4. The number of hydrogen-bond donors (Lipinski definition) is 3. The van der Waals surface area contributed by atoms with E-state index < -0.39 is 0 Å². The molecule has 5 nitrogen and oxygen atoms in total. The lowest BCUT2D eigenvalue weighted by molar-refractivity contribution is 0.102. The van der Waals surface area contributed by atoms with Crippen LogP contribution >= 0.6 is 22.9 Å². The summed E-state index contributed by atoms with van der Waals surface area (Å²) in [6.45, 7) is 0. The number of hydrogen-bond acceptors (Lipinski definition) is 5. The number of nitrogen functional groups attached to an aromatic ring is 2. The average Bonchev–Trinajstić information content (AvgIpc) is 2.79. The zero-order chi connectivity index (χ0) is 15.0. The summed E-state index contributed by atoms with van der Waals surface area (Å²) >= 11 is 7.28. The molecule has 3 aromatic rings. The molecule has 1 amide bonds. The smallest absolute Gasteiger partial charge is 0.259 e. The van der Waals surface area contributed by atoms with Gasteiger partial charge in [0.05, 0.1) is 15.8 Å². The third-order valence-corrected chi connectivity index (χ3v) is 4.06. The van der Waals surface area contributed by atoms with Crippen molar-refractivity contribution in [2.75, 3.05) is 16.8 Å². The molecule has 2 aromatic carbocycles.